The topological polar surface area (TPSA) is 216 Å². The summed E-state index contributed by atoms with van der Waals surface area (Å²) in [6.45, 7) is 3.23. The fourth-order valence-electron chi connectivity index (χ4n) is 3.47. The predicted molar refractivity (Wildman–Crippen MR) is 148 cm³/mol. The van der Waals surface area contributed by atoms with Crippen molar-refractivity contribution in [3.05, 3.63) is 95.6 Å². The van der Waals surface area contributed by atoms with Gasteiger partial charge in [0.2, 0.25) is 0 Å². The Morgan fingerprint density at radius 3 is 1.15 bits per heavy atom. The minimum atomic E-state index is -0.860. The molecule has 0 aromatic heterocycles. The highest BCUT2D eigenvalue weighted by Gasteiger charge is 2.24. The third-order valence-corrected chi connectivity index (χ3v) is 5.77. The second-order valence-corrected chi connectivity index (χ2v) is 8.90. The first-order valence-corrected chi connectivity index (χ1v) is 12.0. The number of carbonyl (C=O) groups is 2. The van der Waals surface area contributed by atoms with Gasteiger partial charge in [0.25, 0.3) is 0 Å². The molecule has 0 radical (unpaired) electrons. The van der Waals surface area contributed by atoms with Crippen LogP contribution in [0, 0.1) is 0 Å². The summed E-state index contributed by atoms with van der Waals surface area (Å²) in [4.78, 5) is 22.8. The van der Waals surface area contributed by atoms with Gasteiger partial charge in [0, 0.05) is 36.2 Å². The summed E-state index contributed by atoms with van der Waals surface area (Å²) in [5, 5.41) is 81.4. The molecule has 4 rings (SSSR count). The van der Waals surface area contributed by atoms with E-state index in [0.29, 0.717) is 11.1 Å². The monoisotopic (exact) mass is 566 g/mol. The van der Waals surface area contributed by atoms with Crippen LogP contribution >= 0.6 is 0 Å². The Bertz CT molecular complexity index is 1410. The number of carbonyl (C=O) groups excluding carboxylic acids is 1. The molecule has 0 fully saturated rings. The number of carboxylic acids is 1. The van der Waals surface area contributed by atoms with Crippen LogP contribution in [0.4, 0.5) is 0 Å². The van der Waals surface area contributed by atoms with Crippen molar-refractivity contribution >= 4 is 11.8 Å². The fraction of sp³-hybridized carbons (Fsp3) is 0.133. The first-order valence-electron chi connectivity index (χ1n) is 12.0. The Morgan fingerprint density at radius 1 is 0.488 bits per heavy atom. The van der Waals surface area contributed by atoms with Crippen molar-refractivity contribution in [3.63, 3.8) is 0 Å². The van der Waals surface area contributed by atoms with Gasteiger partial charge < -0.3 is 46.0 Å². The maximum absolute atomic E-state index is 12.3. The molecule has 2 unspecified atom stereocenters. The zero-order valence-corrected chi connectivity index (χ0v) is 22.0. The molecule has 0 saturated heterocycles. The molecule has 216 valence electrons. The van der Waals surface area contributed by atoms with Crippen LogP contribution in [-0.4, -0.2) is 57.7 Å². The molecule has 0 aliphatic carbocycles. The molecule has 0 aliphatic heterocycles. The van der Waals surface area contributed by atoms with Crippen molar-refractivity contribution in [2.75, 3.05) is 0 Å². The molecule has 0 aliphatic rings. The number of phenolic OH excluding ortho intramolecular Hbond substituents is 8. The molecule has 4 aromatic rings. The molecule has 0 saturated carbocycles. The fourth-order valence-corrected chi connectivity index (χ4v) is 3.47. The number of hydrogen-bond donors (Lipinski definition) is 9. The van der Waals surface area contributed by atoms with E-state index in [2.05, 4.69) is 0 Å². The van der Waals surface area contributed by atoms with Crippen LogP contribution in [0.25, 0.3) is 0 Å². The number of rotatable bonds is 5. The molecule has 11 heteroatoms. The van der Waals surface area contributed by atoms with Gasteiger partial charge in [-0.2, -0.15) is 0 Å². The first-order chi connectivity index (χ1) is 19.2. The Labute approximate surface area is 234 Å². The van der Waals surface area contributed by atoms with E-state index in [9.17, 15) is 30.0 Å². The molecule has 4 aromatic carbocycles. The molecule has 0 spiro atoms. The van der Waals surface area contributed by atoms with Crippen molar-refractivity contribution in [2.45, 2.75) is 25.7 Å². The Balaban J connectivity index is 0.000000237. The summed E-state index contributed by atoms with van der Waals surface area (Å²) in [5.41, 5.74) is 1.10. The summed E-state index contributed by atoms with van der Waals surface area (Å²) in [6.07, 6.45) is 0. The lowest BCUT2D eigenvalue weighted by Crippen LogP contribution is -2.10. The lowest BCUT2D eigenvalue weighted by molar-refractivity contribution is -0.138. The van der Waals surface area contributed by atoms with Crippen LogP contribution in [0.5, 0.6) is 46.0 Å². The van der Waals surface area contributed by atoms with E-state index < -0.39 is 35.1 Å². The minimum absolute atomic E-state index is 0.0868. The summed E-state index contributed by atoms with van der Waals surface area (Å²) in [6, 6.07) is 17.7. The van der Waals surface area contributed by atoms with Crippen molar-refractivity contribution < 1.29 is 55.5 Å². The maximum Gasteiger partial charge on any atom is 0.310 e. The quantitative estimate of drug-likeness (QED) is 0.148. The minimum Gasteiger partial charge on any atom is -0.508 e. The summed E-state index contributed by atoms with van der Waals surface area (Å²) < 4.78 is 0. The van der Waals surface area contributed by atoms with Crippen LogP contribution in [-0.2, 0) is 4.79 Å². The van der Waals surface area contributed by atoms with Gasteiger partial charge in [-0.15, -0.1) is 0 Å². The van der Waals surface area contributed by atoms with Crippen LogP contribution in [0.15, 0.2) is 78.9 Å². The first kappa shape index (κ1) is 31.6. The number of phenols is 8. The zero-order valence-electron chi connectivity index (χ0n) is 22.0. The van der Waals surface area contributed by atoms with Crippen molar-refractivity contribution in [2.24, 2.45) is 0 Å². The zero-order chi connectivity index (χ0) is 30.9. The van der Waals surface area contributed by atoms with Crippen LogP contribution in [0.3, 0.4) is 0 Å². The average molecular weight is 567 g/mol. The van der Waals surface area contributed by atoms with E-state index >= 15 is 0 Å². The number of aromatic hydroxyl groups is 8. The van der Waals surface area contributed by atoms with Crippen molar-refractivity contribution in [1.29, 1.82) is 0 Å². The Hall–Kier alpha value is -5.58. The van der Waals surface area contributed by atoms with E-state index in [1.807, 2.05) is 0 Å². The largest absolute Gasteiger partial charge is 0.508 e. The Morgan fingerprint density at radius 2 is 0.805 bits per heavy atom. The normalized spacial score (nSPS) is 11.6. The van der Waals surface area contributed by atoms with Gasteiger partial charge in [-0.05, 0) is 42.3 Å². The van der Waals surface area contributed by atoms with Gasteiger partial charge in [0.05, 0.1) is 5.92 Å². The molecule has 9 N–H and O–H groups in total. The highest BCUT2D eigenvalue weighted by molar-refractivity contribution is 6.05. The second-order valence-electron chi connectivity index (χ2n) is 8.90. The van der Waals surface area contributed by atoms with Crippen LogP contribution < -0.4 is 0 Å². The molecule has 2 atom stereocenters. The second kappa shape index (κ2) is 14.0. The van der Waals surface area contributed by atoms with E-state index in [1.54, 1.807) is 38.1 Å². The lowest BCUT2D eigenvalue weighted by atomic mass is 9.91. The number of ketones is 1. The molecular weight excluding hydrogens is 536 g/mol. The summed E-state index contributed by atoms with van der Waals surface area (Å²) >= 11 is 0. The molecule has 41 heavy (non-hydrogen) atoms. The average Bonchev–Trinajstić information content (AvgIpc) is 2.88. The van der Waals surface area contributed by atoms with Gasteiger partial charge >= 0.3 is 5.97 Å². The van der Waals surface area contributed by atoms with Gasteiger partial charge in [-0.25, -0.2) is 0 Å². The van der Waals surface area contributed by atoms with Gasteiger partial charge in [0.15, 0.2) is 5.78 Å². The molecule has 11 nitrogen and oxygen atoms in total. The lowest BCUT2D eigenvalue weighted by Gasteiger charge is -2.13. The number of aliphatic carboxylic acids is 1. The standard InChI is InChI=1S/C15H14O5.C9H10O3.C6H6O3/c1-8(9-2-4-10(16)5-3-9)15(20)14-12(18)6-11(17)7-13(14)19;1-6(9(11)12)7-2-4-8(10)5-3-7;7-4-1-5(8)3-6(9)2-4/h2-8,16-19H,1H3;2-6,10H,1H3,(H,11,12);1-3,7-9H. The van der Waals surface area contributed by atoms with Gasteiger partial charge in [-0.1, -0.05) is 31.2 Å². The van der Waals surface area contributed by atoms with Gasteiger partial charge in [-0.3, -0.25) is 9.59 Å². The summed E-state index contributed by atoms with van der Waals surface area (Å²) in [5.74, 6) is -3.95. The van der Waals surface area contributed by atoms with Crippen molar-refractivity contribution in [1.82, 2.24) is 0 Å². The molecular formula is C30H30O11. The maximum atomic E-state index is 12.3. The summed E-state index contributed by atoms with van der Waals surface area (Å²) in [7, 11) is 0. The van der Waals surface area contributed by atoms with Crippen LogP contribution in [0.1, 0.15) is 47.2 Å². The molecule has 0 amide bonds. The molecule has 0 bridgehead atoms. The Kier molecular flexibility index (Phi) is 10.8. The molecule has 0 heterocycles. The number of benzene rings is 4. The third-order valence-electron chi connectivity index (χ3n) is 5.77. The van der Waals surface area contributed by atoms with Crippen molar-refractivity contribution in [3.8, 4) is 46.0 Å². The van der Waals surface area contributed by atoms with E-state index in [0.717, 1.165) is 30.3 Å². The highest BCUT2D eigenvalue weighted by atomic mass is 16.4. The number of carboxylic acid groups (broad SMARTS) is 1. The number of hydrogen-bond acceptors (Lipinski definition) is 10. The predicted octanol–water partition coefficient (Wildman–Crippen LogP) is 4.88. The van der Waals surface area contributed by atoms with E-state index in [1.165, 1.54) is 24.3 Å². The highest BCUT2D eigenvalue weighted by Crippen LogP contribution is 2.35. The third kappa shape index (κ3) is 9.29. The van der Waals surface area contributed by atoms with E-state index in [4.69, 9.17) is 25.5 Å². The SMILES string of the molecule is CC(C(=O)O)c1ccc(O)cc1.CC(C(=O)c1c(O)cc(O)cc1O)c1ccc(O)cc1.Oc1cc(O)cc(O)c1. The van der Waals surface area contributed by atoms with Crippen LogP contribution in [0.2, 0.25) is 0 Å². The number of Topliss-reactive ketones (excluding diaryl/α,β-unsaturated/α-hetero) is 1. The smallest absolute Gasteiger partial charge is 0.310 e. The van der Waals surface area contributed by atoms with Gasteiger partial charge in [0.1, 0.15) is 51.6 Å². The van der Waals surface area contributed by atoms with E-state index in [-0.39, 0.29) is 40.1 Å².